The Hall–Kier alpha value is -1.35. The Kier molecular flexibility index (Phi) is 4.06. The Morgan fingerprint density at radius 2 is 2.10 bits per heavy atom. The number of hydrogen-bond donors (Lipinski definition) is 0. The molecule has 3 rings (SSSR count). The molecule has 3 heteroatoms. The molecule has 2 aliphatic heterocycles. The van der Waals surface area contributed by atoms with Gasteiger partial charge in [-0.1, -0.05) is 25.1 Å². The third-order valence-corrected chi connectivity index (χ3v) is 4.51. The number of benzene rings is 1. The molecular weight excluding hydrogens is 248 g/mol. The minimum absolute atomic E-state index is 0.270. The second-order valence-corrected chi connectivity index (χ2v) is 6.26. The van der Waals surface area contributed by atoms with Crippen molar-refractivity contribution in [2.45, 2.75) is 32.6 Å². The van der Waals surface area contributed by atoms with Crippen LogP contribution >= 0.6 is 0 Å². The van der Waals surface area contributed by atoms with Crippen LogP contribution in [-0.4, -0.2) is 37.0 Å². The van der Waals surface area contributed by atoms with E-state index < -0.39 is 0 Å². The number of rotatable bonds is 2. The summed E-state index contributed by atoms with van der Waals surface area (Å²) in [6, 6.07) is 8.34. The van der Waals surface area contributed by atoms with Crippen molar-refractivity contribution in [1.29, 1.82) is 0 Å². The Labute approximate surface area is 121 Å². The topological polar surface area (TPSA) is 23.6 Å². The third-order valence-electron chi connectivity index (χ3n) is 4.51. The lowest BCUT2D eigenvalue weighted by molar-refractivity contribution is -0.120. The van der Waals surface area contributed by atoms with Crippen molar-refractivity contribution in [2.24, 2.45) is 5.92 Å². The lowest BCUT2D eigenvalue weighted by Crippen LogP contribution is -2.45. The molecule has 0 saturated carbocycles. The van der Waals surface area contributed by atoms with Crippen molar-refractivity contribution >= 4 is 11.6 Å². The van der Waals surface area contributed by atoms with E-state index in [-0.39, 0.29) is 5.91 Å². The number of carbonyl (C=O) groups excluding carboxylic acids is 1. The Morgan fingerprint density at radius 1 is 1.25 bits per heavy atom. The second kappa shape index (κ2) is 5.96. The first-order chi connectivity index (χ1) is 9.74. The molecule has 0 spiro atoms. The fourth-order valence-corrected chi connectivity index (χ4v) is 3.50. The van der Waals surface area contributed by atoms with Crippen molar-refractivity contribution in [1.82, 2.24) is 4.90 Å². The smallest absolute Gasteiger partial charge is 0.241 e. The first-order valence-corrected chi connectivity index (χ1v) is 7.84. The van der Waals surface area contributed by atoms with Crippen LogP contribution in [0.25, 0.3) is 0 Å². The number of aryl methyl sites for hydroxylation is 1. The monoisotopic (exact) mass is 272 g/mol. The number of fused-ring (bicyclic) bond motifs is 1. The highest BCUT2D eigenvalue weighted by molar-refractivity contribution is 5.95. The van der Waals surface area contributed by atoms with Gasteiger partial charge in [0.15, 0.2) is 0 Å². The van der Waals surface area contributed by atoms with E-state index in [1.165, 1.54) is 18.4 Å². The zero-order chi connectivity index (χ0) is 13.9. The van der Waals surface area contributed by atoms with Crippen LogP contribution in [0, 0.1) is 5.92 Å². The van der Waals surface area contributed by atoms with Crippen LogP contribution in [0.1, 0.15) is 31.7 Å². The van der Waals surface area contributed by atoms with Gasteiger partial charge in [-0.15, -0.1) is 0 Å². The van der Waals surface area contributed by atoms with E-state index in [4.69, 9.17) is 0 Å². The average Bonchev–Trinajstić information content (AvgIpc) is 2.46. The molecule has 1 amide bonds. The number of para-hydroxylation sites is 1. The molecule has 1 aromatic rings. The number of piperidine rings is 1. The van der Waals surface area contributed by atoms with Crippen LogP contribution in [0.4, 0.5) is 5.69 Å². The summed E-state index contributed by atoms with van der Waals surface area (Å²) in [6.45, 7) is 5.89. The fraction of sp³-hybridized carbons (Fsp3) is 0.588. The van der Waals surface area contributed by atoms with E-state index in [0.717, 1.165) is 44.1 Å². The van der Waals surface area contributed by atoms with E-state index in [9.17, 15) is 4.79 Å². The predicted octanol–water partition coefficient (Wildman–Crippen LogP) is 2.70. The summed E-state index contributed by atoms with van der Waals surface area (Å²) in [4.78, 5) is 16.9. The van der Waals surface area contributed by atoms with Gasteiger partial charge in [0.1, 0.15) is 0 Å². The summed E-state index contributed by atoms with van der Waals surface area (Å²) >= 11 is 0. The SMILES string of the molecule is CC1CCCN(CC(=O)N2CCCc3ccccc32)C1. The number of nitrogens with zero attached hydrogens (tertiary/aromatic N) is 2. The Balaban J connectivity index is 1.69. The van der Waals surface area contributed by atoms with Gasteiger partial charge in [-0.3, -0.25) is 9.69 Å². The van der Waals surface area contributed by atoms with Crippen molar-refractivity contribution in [3.05, 3.63) is 29.8 Å². The highest BCUT2D eigenvalue weighted by atomic mass is 16.2. The Bertz CT molecular complexity index is 486. The van der Waals surface area contributed by atoms with Gasteiger partial charge in [0.05, 0.1) is 6.54 Å². The largest absolute Gasteiger partial charge is 0.311 e. The third kappa shape index (κ3) is 2.88. The quantitative estimate of drug-likeness (QED) is 0.826. The molecule has 1 fully saturated rings. The van der Waals surface area contributed by atoms with Crippen LogP contribution in [0.15, 0.2) is 24.3 Å². The lowest BCUT2D eigenvalue weighted by atomic mass is 10.00. The molecule has 0 aliphatic carbocycles. The maximum atomic E-state index is 12.6. The number of amides is 1. The molecule has 20 heavy (non-hydrogen) atoms. The van der Waals surface area contributed by atoms with Gasteiger partial charge in [-0.25, -0.2) is 0 Å². The minimum atomic E-state index is 0.270. The second-order valence-electron chi connectivity index (χ2n) is 6.26. The molecule has 1 atom stereocenters. The summed E-state index contributed by atoms with van der Waals surface area (Å²) in [7, 11) is 0. The molecule has 2 heterocycles. The van der Waals surface area contributed by atoms with Crippen molar-refractivity contribution in [2.75, 3.05) is 31.1 Å². The van der Waals surface area contributed by atoms with Crippen LogP contribution in [0.2, 0.25) is 0 Å². The molecular formula is C17H24N2O. The predicted molar refractivity (Wildman–Crippen MR) is 82.0 cm³/mol. The maximum absolute atomic E-state index is 12.6. The summed E-state index contributed by atoms with van der Waals surface area (Å²) in [6.07, 6.45) is 4.71. The van der Waals surface area contributed by atoms with E-state index in [2.05, 4.69) is 30.0 Å². The lowest BCUT2D eigenvalue weighted by Gasteiger charge is -2.34. The molecule has 0 N–H and O–H groups in total. The van der Waals surface area contributed by atoms with Gasteiger partial charge in [0.25, 0.3) is 0 Å². The van der Waals surface area contributed by atoms with Gasteiger partial charge in [0, 0.05) is 18.8 Å². The number of likely N-dealkylation sites (tertiary alicyclic amines) is 1. The fourth-order valence-electron chi connectivity index (χ4n) is 3.50. The first kappa shape index (κ1) is 13.6. The molecule has 1 aromatic carbocycles. The normalized spacial score (nSPS) is 23.4. The first-order valence-electron chi connectivity index (χ1n) is 7.84. The van der Waals surface area contributed by atoms with Crippen LogP contribution < -0.4 is 4.90 Å². The molecule has 3 nitrogen and oxygen atoms in total. The minimum Gasteiger partial charge on any atom is -0.311 e. The molecule has 108 valence electrons. The van der Waals surface area contributed by atoms with Crippen LogP contribution in [-0.2, 0) is 11.2 Å². The Morgan fingerprint density at radius 3 is 2.95 bits per heavy atom. The summed E-state index contributed by atoms with van der Waals surface area (Å²) < 4.78 is 0. The van der Waals surface area contributed by atoms with Gasteiger partial charge < -0.3 is 4.90 Å². The number of hydrogen-bond acceptors (Lipinski definition) is 2. The van der Waals surface area contributed by atoms with Gasteiger partial charge >= 0.3 is 0 Å². The number of carbonyl (C=O) groups is 1. The zero-order valence-corrected chi connectivity index (χ0v) is 12.3. The maximum Gasteiger partial charge on any atom is 0.241 e. The molecule has 1 saturated heterocycles. The summed E-state index contributed by atoms with van der Waals surface area (Å²) in [5, 5.41) is 0. The molecule has 2 aliphatic rings. The summed E-state index contributed by atoms with van der Waals surface area (Å²) in [5.74, 6) is 0.997. The van der Waals surface area contributed by atoms with Crippen molar-refractivity contribution < 1.29 is 4.79 Å². The van der Waals surface area contributed by atoms with E-state index >= 15 is 0 Å². The molecule has 0 radical (unpaired) electrons. The van der Waals surface area contributed by atoms with Gasteiger partial charge in [0.2, 0.25) is 5.91 Å². The van der Waals surface area contributed by atoms with E-state index in [1.807, 2.05) is 11.0 Å². The van der Waals surface area contributed by atoms with Crippen LogP contribution in [0.3, 0.4) is 0 Å². The van der Waals surface area contributed by atoms with Gasteiger partial charge in [-0.2, -0.15) is 0 Å². The van der Waals surface area contributed by atoms with E-state index in [0.29, 0.717) is 6.54 Å². The molecule has 0 bridgehead atoms. The van der Waals surface area contributed by atoms with Gasteiger partial charge in [-0.05, 0) is 49.8 Å². The van der Waals surface area contributed by atoms with Crippen molar-refractivity contribution in [3.8, 4) is 0 Å². The summed E-state index contributed by atoms with van der Waals surface area (Å²) in [5.41, 5.74) is 2.45. The molecule has 1 unspecified atom stereocenters. The van der Waals surface area contributed by atoms with Crippen LogP contribution in [0.5, 0.6) is 0 Å². The highest BCUT2D eigenvalue weighted by Gasteiger charge is 2.25. The number of anilines is 1. The zero-order valence-electron chi connectivity index (χ0n) is 12.3. The standard InChI is InChI=1S/C17H24N2O/c1-14-6-4-10-18(12-14)13-17(20)19-11-5-8-15-7-2-3-9-16(15)19/h2-3,7,9,14H,4-6,8,10-13H2,1H3. The molecule has 0 aromatic heterocycles. The van der Waals surface area contributed by atoms with Crippen molar-refractivity contribution in [3.63, 3.8) is 0 Å². The van der Waals surface area contributed by atoms with E-state index in [1.54, 1.807) is 0 Å². The average molecular weight is 272 g/mol. The highest BCUT2D eigenvalue weighted by Crippen LogP contribution is 2.27.